The third kappa shape index (κ3) is 9.02. The molecule has 3 heterocycles. The van der Waals surface area contributed by atoms with Crippen molar-refractivity contribution in [3.63, 3.8) is 0 Å². The number of carbonyl (C=O) groups excluding carboxylic acids is 1. The Morgan fingerprint density at radius 3 is 2.74 bits per heavy atom. The van der Waals surface area contributed by atoms with Crippen molar-refractivity contribution in [2.75, 3.05) is 45.3 Å². The van der Waals surface area contributed by atoms with Crippen molar-refractivity contribution in [2.24, 2.45) is 11.3 Å². The van der Waals surface area contributed by atoms with Crippen molar-refractivity contribution in [1.82, 2.24) is 14.9 Å². The first-order valence-electron chi connectivity index (χ1n) is 15.0. The van der Waals surface area contributed by atoms with Crippen LogP contribution in [0.15, 0.2) is 30.5 Å². The molecule has 2 aliphatic rings. The number of ether oxygens (including phenoxy) is 3. The molecule has 0 radical (unpaired) electrons. The van der Waals surface area contributed by atoms with E-state index in [2.05, 4.69) is 16.4 Å². The minimum absolute atomic E-state index is 0.193. The minimum Gasteiger partial charge on any atom is -0.444 e. The molecule has 234 valence electrons. The highest BCUT2D eigenvalue weighted by Crippen LogP contribution is 2.34. The zero-order valence-electron chi connectivity index (χ0n) is 25.6. The SMILES string of the molecule is COCCN(C(=O)OC(C)(C)C)[C@@H]1CC[C@@H](Cc2cc(-c3cccc(NCC4(C#N)CCOCC4)n3)c(Cl)cn2)C[C@H]1O. The van der Waals surface area contributed by atoms with Gasteiger partial charge in [-0.25, -0.2) is 9.78 Å². The third-order valence-corrected chi connectivity index (χ3v) is 8.49. The van der Waals surface area contributed by atoms with E-state index in [4.69, 9.17) is 30.8 Å². The van der Waals surface area contributed by atoms with Crippen LogP contribution in [0.1, 0.15) is 58.6 Å². The van der Waals surface area contributed by atoms with Crippen molar-refractivity contribution >= 4 is 23.5 Å². The van der Waals surface area contributed by atoms with Gasteiger partial charge in [0, 0.05) is 50.9 Å². The third-order valence-electron chi connectivity index (χ3n) is 8.18. The Morgan fingerprint density at radius 2 is 2.07 bits per heavy atom. The second-order valence-electron chi connectivity index (χ2n) is 12.6. The van der Waals surface area contributed by atoms with Gasteiger partial charge < -0.3 is 29.5 Å². The lowest BCUT2D eigenvalue weighted by Crippen LogP contribution is -2.52. The molecule has 0 unspecified atom stereocenters. The van der Waals surface area contributed by atoms with Crippen LogP contribution in [0.3, 0.4) is 0 Å². The van der Waals surface area contributed by atoms with Crippen molar-refractivity contribution in [3.05, 3.63) is 41.2 Å². The van der Waals surface area contributed by atoms with Crippen LogP contribution < -0.4 is 5.32 Å². The summed E-state index contributed by atoms with van der Waals surface area (Å²) in [4.78, 5) is 23.9. The number of carbonyl (C=O) groups is 1. The van der Waals surface area contributed by atoms with E-state index in [1.807, 2.05) is 45.0 Å². The monoisotopic (exact) mass is 613 g/mol. The Labute approximate surface area is 259 Å². The molecule has 1 saturated heterocycles. The Balaban J connectivity index is 1.41. The van der Waals surface area contributed by atoms with Crippen molar-refractivity contribution in [1.29, 1.82) is 5.26 Å². The van der Waals surface area contributed by atoms with Gasteiger partial charge in [0.15, 0.2) is 0 Å². The standard InChI is InChI=1S/C32H44ClN5O5/c1-31(2,3)43-30(40)38(12-15-41-4)27-9-8-22(17-28(27)39)16-23-18-24(25(33)19-35-23)26-6-5-7-29(37-26)36-21-32(20-34)10-13-42-14-11-32/h5-7,18-19,22,27-28,39H,8-17,21H2,1-4H3,(H,36,37)/t22-,27+,28+/m0/s1. The molecule has 3 atom stereocenters. The zero-order chi connectivity index (χ0) is 31.0. The molecule has 1 aliphatic carbocycles. The van der Waals surface area contributed by atoms with Crippen molar-refractivity contribution in [2.45, 2.75) is 77.0 Å². The normalized spacial score (nSPS) is 21.9. The van der Waals surface area contributed by atoms with E-state index in [9.17, 15) is 15.2 Å². The number of pyridine rings is 2. The summed E-state index contributed by atoms with van der Waals surface area (Å²) < 4.78 is 16.3. The summed E-state index contributed by atoms with van der Waals surface area (Å²) in [6.07, 6.45) is 4.61. The topological polar surface area (TPSA) is 130 Å². The summed E-state index contributed by atoms with van der Waals surface area (Å²) in [6.45, 7) is 7.90. The number of methoxy groups -OCH3 is 1. The fourth-order valence-electron chi connectivity index (χ4n) is 5.79. The van der Waals surface area contributed by atoms with Gasteiger partial charge >= 0.3 is 6.09 Å². The fraction of sp³-hybridized carbons (Fsp3) is 0.625. The summed E-state index contributed by atoms with van der Waals surface area (Å²) >= 11 is 6.58. The summed E-state index contributed by atoms with van der Waals surface area (Å²) in [5.41, 5.74) is 1.27. The maximum atomic E-state index is 12.9. The molecule has 2 aromatic rings. The molecule has 1 aliphatic heterocycles. The predicted octanol–water partition coefficient (Wildman–Crippen LogP) is 5.48. The summed E-state index contributed by atoms with van der Waals surface area (Å²) in [5.74, 6) is 0.871. The lowest BCUT2D eigenvalue weighted by molar-refractivity contribution is -0.0304. The first-order chi connectivity index (χ1) is 20.5. The molecule has 0 spiro atoms. The molecule has 2 N–H and O–H groups in total. The number of aliphatic hydroxyl groups is 1. The minimum atomic E-state index is -0.688. The number of aromatic nitrogens is 2. The number of hydrogen-bond acceptors (Lipinski definition) is 9. The van der Waals surface area contributed by atoms with Crippen LogP contribution in [0, 0.1) is 22.7 Å². The lowest BCUT2D eigenvalue weighted by atomic mass is 9.80. The number of aliphatic hydroxyl groups excluding tert-OH is 1. The fourth-order valence-corrected chi connectivity index (χ4v) is 5.99. The van der Waals surface area contributed by atoms with Crippen LogP contribution in [0.5, 0.6) is 0 Å². The van der Waals surface area contributed by atoms with E-state index in [1.165, 1.54) is 0 Å². The highest BCUT2D eigenvalue weighted by molar-refractivity contribution is 6.33. The van der Waals surface area contributed by atoms with E-state index in [0.717, 1.165) is 17.7 Å². The Morgan fingerprint density at radius 1 is 1.30 bits per heavy atom. The smallest absolute Gasteiger partial charge is 0.410 e. The first-order valence-corrected chi connectivity index (χ1v) is 15.4. The first kappa shape index (κ1) is 32.9. The van der Waals surface area contributed by atoms with Crippen LogP contribution in [-0.2, 0) is 20.6 Å². The van der Waals surface area contributed by atoms with Crippen molar-refractivity contribution < 1.29 is 24.1 Å². The second kappa shape index (κ2) is 14.7. The van der Waals surface area contributed by atoms with E-state index < -0.39 is 23.2 Å². The Hall–Kier alpha value is -2.97. The van der Waals surface area contributed by atoms with Gasteiger partial charge in [-0.15, -0.1) is 0 Å². The van der Waals surface area contributed by atoms with Gasteiger partial charge in [-0.1, -0.05) is 17.7 Å². The molecule has 2 aromatic heterocycles. The highest BCUT2D eigenvalue weighted by atomic mass is 35.5. The molecule has 1 amide bonds. The molecule has 0 aromatic carbocycles. The lowest BCUT2D eigenvalue weighted by Gasteiger charge is -2.40. The summed E-state index contributed by atoms with van der Waals surface area (Å²) in [7, 11) is 1.59. The number of anilines is 1. The van der Waals surface area contributed by atoms with Crippen LogP contribution >= 0.6 is 11.6 Å². The highest BCUT2D eigenvalue weighted by Gasteiger charge is 2.37. The molecule has 1 saturated carbocycles. The maximum absolute atomic E-state index is 12.9. The Bertz CT molecular complexity index is 1270. The quantitative estimate of drug-likeness (QED) is 0.357. The van der Waals surface area contributed by atoms with Gasteiger partial charge in [-0.05, 0) is 83.4 Å². The van der Waals surface area contributed by atoms with Gasteiger partial charge in [-0.3, -0.25) is 4.98 Å². The van der Waals surface area contributed by atoms with Crippen molar-refractivity contribution in [3.8, 4) is 17.3 Å². The van der Waals surface area contributed by atoms with E-state index in [-0.39, 0.29) is 12.0 Å². The van der Waals surface area contributed by atoms with Gasteiger partial charge in [0.1, 0.15) is 11.4 Å². The number of halogens is 1. The van der Waals surface area contributed by atoms with Gasteiger partial charge in [-0.2, -0.15) is 5.26 Å². The number of rotatable bonds is 10. The summed E-state index contributed by atoms with van der Waals surface area (Å²) in [5, 5.41) is 24.8. The zero-order valence-corrected chi connectivity index (χ0v) is 26.4. The number of nitriles is 1. The average molecular weight is 614 g/mol. The van der Waals surface area contributed by atoms with Gasteiger partial charge in [0.05, 0.1) is 41.0 Å². The molecule has 2 fully saturated rings. The van der Waals surface area contributed by atoms with Crippen LogP contribution in [0.4, 0.5) is 10.6 Å². The van der Waals surface area contributed by atoms with Crippen LogP contribution in [0.25, 0.3) is 11.3 Å². The average Bonchev–Trinajstić information content (AvgIpc) is 2.98. The van der Waals surface area contributed by atoms with Gasteiger partial charge in [0.2, 0.25) is 0 Å². The second-order valence-corrected chi connectivity index (χ2v) is 13.0. The molecule has 4 rings (SSSR count). The van der Waals surface area contributed by atoms with E-state index in [0.29, 0.717) is 81.5 Å². The van der Waals surface area contributed by atoms with Gasteiger partial charge in [0.25, 0.3) is 0 Å². The molecular formula is C32H44ClN5O5. The van der Waals surface area contributed by atoms with E-state index in [1.54, 1.807) is 18.2 Å². The molecule has 10 nitrogen and oxygen atoms in total. The van der Waals surface area contributed by atoms with Crippen LogP contribution in [-0.4, -0.2) is 83.8 Å². The molecule has 11 heteroatoms. The largest absolute Gasteiger partial charge is 0.444 e. The van der Waals surface area contributed by atoms with Crippen LogP contribution in [0.2, 0.25) is 5.02 Å². The Kier molecular flexibility index (Phi) is 11.2. The molecule has 0 bridgehead atoms. The molecule has 43 heavy (non-hydrogen) atoms. The maximum Gasteiger partial charge on any atom is 0.410 e. The number of nitrogens with one attached hydrogen (secondary N) is 1. The predicted molar refractivity (Wildman–Crippen MR) is 165 cm³/mol. The number of nitrogens with zero attached hydrogens (tertiary/aromatic N) is 4. The number of hydrogen-bond donors (Lipinski definition) is 2. The molecular weight excluding hydrogens is 570 g/mol. The number of amides is 1. The van der Waals surface area contributed by atoms with E-state index >= 15 is 0 Å². The summed E-state index contributed by atoms with van der Waals surface area (Å²) in [6, 6.07) is 9.82.